The summed E-state index contributed by atoms with van der Waals surface area (Å²) < 4.78 is 3.50. The van der Waals surface area contributed by atoms with Gasteiger partial charge in [-0.05, 0) is 0 Å². The van der Waals surface area contributed by atoms with E-state index in [4.69, 9.17) is 4.84 Å². The molecule has 0 saturated carbocycles. The Morgan fingerprint density at radius 1 is 1.04 bits per heavy atom. The summed E-state index contributed by atoms with van der Waals surface area (Å²) >= 11 is 0.470. The van der Waals surface area contributed by atoms with Gasteiger partial charge in [-0.3, -0.25) is 0 Å². The third kappa shape index (κ3) is 5.77. The van der Waals surface area contributed by atoms with E-state index >= 15 is 0 Å². The summed E-state index contributed by atoms with van der Waals surface area (Å²) in [5.41, 5.74) is 1.47. The minimum Gasteiger partial charge on any atom is -1.00 e. The van der Waals surface area contributed by atoms with Gasteiger partial charge in [0, 0.05) is 0 Å². The molecule has 0 N–H and O–H groups in total. The molecule has 1 aliphatic heterocycles. The summed E-state index contributed by atoms with van der Waals surface area (Å²) in [5, 5.41) is 1.12. The Labute approximate surface area is 161 Å². The van der Waals surface area contributed by atoms with Crippen molar-refractivity contribution in [3.8, 4) is 0 Å². The van der Waals surface area contributed by atoms with Crippen LogP contribution in [0.1, 0.15) is 25.8 Å². The van der Waals surface area contributed by atoms with Gasteiger partial charge in [0.15, 0.2) is 0 Å². The van der Waals surface area contributed by atoms with Gasteiger partial charge in [0.05, 0.1) is 0 Å². The number of hydrogen-bond donors (Lipinski definition) is 0. The van der Waals surface area contributed by atoms with Gasteiger partial charge in [-0.1, -0.05) is 0 Å². The zero-order valence-corrected chi connectivity index (χ0v) is 17.5. The first kappa shape index (κ1) is 19.2. The summed E-state index contributed by atoms with van der Waals surface area (Å²) in [5.74, 6) is 0. The molecule has 2 nitrogen and oxygen atoms in total. The molecule has 128 valence electrons. The second-order valence-corrected chi connectivity index (χ2v) is 9.03. The third-order valence-corrected chi connectivity index (χ3v) is 6.29. The van der Waals surface area contributed by atoms with Crippen molar-refractivity contribution in [1.29, 1.82) is 0 Å². The minimum absolute atomic E-state index is 0. The maximum atomic E-state index is 6.24. The molecular formula is C20H24BrNOSe. The van der Waals surface area contributed by atoms with Gasteiger partial charge < -0.3 is 17.0 Å². The van der Waals surface area contributed by atoms with Gasteiger partial charge in [0.25, 0.3) is 0 Å². The molecule has 0 fully saturated rings. The van der Waals surface area contributed by atoms with Crippen molar-refractivity contribution >= 4 is 25.6 Å². The average molecular weight is 453 g/mol. The summed E-state index contributed by atoms with van der Waals surface area (Å²) in [6.07, 6.45) is 3.64. The van der Waals surface area contributed by atoms with Crippen LogP contribution < -0.4 is 21.4 Å². The molecule has 3 rings (SSSR count). The van der Waals surface area contributed by atoms with Gasteiger partial charge in [-0.2, -0.15) is 0 Å². The molecule has 1 atom stereocenters. The van der Waals surface area contributed by atoms with Crippen molar-refractivity contribution in [2.45, 2.75) is 38.2 Å². The van der Waals surface area contributed by atoms with Crippen molar-refractivity contribution in [3.05, 3.63) is 66.2 Å². The first-order valence-corrected chi connectivity index (χ1v) is 10.2. The smallest absolute Gasteiger partial charge is 1.00 e. The van der Waals surface area contributed by atoms with Crippen molar-refractivity contribution in [3.63, 3.8) is 0 Å². The summed E-state index contributed by atoms with van der Waals surface area (Å²) in [7, 11) is 0. The molecule has 0 saturated heterocycles. The van der Waals surface area contributed by atoms with E-state index in [1.54, 1.807) is 0 Å². The topological polar surface area (TPSA) is 12.2 Å². The van der Waals surface area contributed by atoms with Gasteiger partial charge in [-0.25, -0.2) is 0 Å². The summed E-state index contributed by atoms with van der Waals surface area (Å²) in [4.78, 5) is 6.24. The van der Waals surface area contributed by atoms with Gasteiger partial charge in [0.1, 0.15) is 0 Å². The van der Waals surface area contributed by atoms with Gasteiger partial charge in [0.2, 0.25) is 0 Å². The van der Waals surface area contributed by atoms with Gasteiger partial charge in [-0.15, -0.1) is 0 Å². The number of hydrogen-bond acceptors (Lipinski definition) is 1. The Balaban J connectivity index is 0.00000208. The molecule has 0 spiro atoms. The number of rotatable bonds is 5. The standard InChI is InChI=1S/C20H24NOSe.BrH/c1-20(2)13-18(15-23-19-11-7-4-8-12-19)22-21(16-20)14-17-9-5-3-6-10-17;/h3-12,16,18H,13-15H2,1-2H3;1H/q+1;/p-1. The van der Waals surface area contributed by atoms with Crippen molar-refractivity contribution in [2.24, 2.45) is 5.41 Å². The van der Waals surface area contributed by atoms with Crippen molar-refractivity contribution < 1.29 is 26.6 Å². The average Bonchev–Trinajstić information content (AvgIpc) is 2.53. The van der Waals surface area contributed by atoms with Crippen LogP contribution in [0.25, 0.3) is 0 Å². The van der Waals surface area contributed by atoms with Gasteiger partial charge >= 0.3 is 145 Å². The first-order chi connectivity index (χ1) is 11.1. The van der Waals surface area contributed by atoms with E-state index in [1.807, 2.05) is 4.74 Å². The number of nitrogens with zero attached hydrogens (tertiary/aromatic N) is 1. The molecule has 4 heteroatoms. The van der Waals surface area contributed by atoms with Crippen LogP contribution in [-0.2, 0) is 11.4 Å². The molecule has 0 aliphatic carbocycles. The van der Waals surface area contributed by atoms with E-state index in [1.165, 1.54) is 10.0 Å². The molecule has 2 aromatic rings. The maximum Gasteiger partial charge on any atom is -1.00 e. The summed E-state index contributed by atoms with van der Waals surface area (Å²) in [6.45, 7) is 5.42. The van der Waals surface area contributed by atoms with Crippen LogP contribution in [0.15, 0.2) is 60.7 Å². The number of benzene rings is 2. The second kappa shape index (κ2) is 8.84. The third-order valence-electron chi connectivity index (χ3n) is 3.89. The molecule has 2 aromatic carbocycles. The largest absolute Gasteiger partial charge is 1.00 e. The fraction of sp³-hybridized carbons (Fsp3) is 0.350. The monoisotopic (exact) mass is 453 g/mol. The Bertz CT molecular complexity index is 658. The predicted molar refractivity (Wildman–Crippen MR) is 96.4 cm³/mol. The molecule has 0 aromatic heterocycles. The maximum absolute atomic E-state index is 6.24. The van der Waals surface area contributed by atoms with E-state index in [2.05, 4.69) is 80.7 Å². The zero-order valence-electron chi connectivity index (χ0n) is 14.2. The van der Waals surface area contributed by atoms with E-state index in [9.17, 15) is 0 Å². The summed E-state index contributed by atoms with van der Waals surface area (Å²) in [6, 6.07) is 21.3. The van der Waals surface area contributed by atoms with Crippen LogP contribution in [-0.4, -0.2) is 32.0 Å². The molecule has 0 radical (unpaired) electrons. The van der Waals surface area contributed by atoms with Crippen molar-refractivity contribution in [2.75, 3.05) is 0 Å². The Morgan fingerprint density at radius 3 is 2.33 bits per heavy atom. The van der Waals surface area contributed by atoms with Crippen LogP contribution in [0.2, 0.25) is 5.32 Å². The zero-order chi connectivity index (χ0) is 16.1. The van der Waals surface area contributed by atoms with Crippen LogP contribution in [0.5, 0.6) is 0 Å². The molecule has 0 bridgehead atoms. The van der Waals surface area contributed by atoms with Crippen LogP contribution in [0.3, 0.4) is 0 Å². The van der Waals surface area contributed by atoms with E-state index in [0.29, 0.717) is 21.1 Å². The predicted octanol–water partition coefficient (Wildman–Crippen LogP) is 0.452. The second-order valence-electron chi connectivity index (χ2n) is 6.73. The SMILES string of the molecule is CC1(C)C=[N+](Cc2ccccc2)OC(C[Se]c2ccccc2)C1.[Br-]. The molecular weight excluding hydrogens is 429 g/mol. The fourth-order valence-corrected chi connectivity index (χ4v) is 4.83. The number of halogens is 1. The van der Waals surface area contributed by atoms with Crippen LogP contribution in [0.4, 0.5) is 0 Å². The fourth-order valence-electron chi connectivity index (χ4n) is 2.93. The first-order valence-electron chi connectivity index (χ1n) is 8.12. The molecule has 1 aliphatic rings. The minimum atomic E-state index is 0. The normalized spacial score (nSPS) is 18.9. The van der Waals surface area contributed by atoms with Crippen molar-refractivity contribution in [1.82, 2.24) is 0 Å². The Morgan fingerprint density at radius 2 is 1.67 bits per heavy atom. The Hall–Kier alpha value is -1.09. The van der Waals surface area contributed by atoms with E-state index < -0.39 is 0 Å². The van der Waals surface area contributed by atoms with E-state index in [0.717, 1.165) is 18.3 Å². The quantitative estimate of drug-likeness (QED) is 0.474. The Kier molecular flexibility index (Phi) is 7.09. The van der Waals surface area contributed by atoms with Crippen LogP contribution in [0, 0.1) is 5.41 Å². The number of hydroxylamine groups is 1. The molecule has 0 amide bonds. The molecule has 1 heterocycles. The van der Waals surface area contributed by atoms with Crippen LogP contribution >= 0.6 is 0 Å². The molecule has 1 unspecified atom stereocenters. The molecule has 24 heavy (non-hydrogen) atoms. The van der Waals surface area contributed by atoms with E-state index in [-0.39, 0.29) is 22.4 Å².